The number of rotatable bonds is 21. The molecule has 0 rings (SSSR count). The lowest BCUT2D eigenvalue weighted by molar-refractivity contribution is -0.121. The summed E-state index contributed by atoms with van der Waals surface area (Å²) in [7, 11) is 1.99. The minimum atomic E-state index is 0.193. The first kappa shape index (κ1) is 27.4. The van der Waals surface area contributed by atoms with E-state index in [0.717, 1.165) is 31.8 Å². The van der Waals surface area contributed by atoms with Crippen LogP contribution in [0.25, 0.3) is 0 Å². The molecule has 2 N–H and O–H groups in total. The first-order valence-corrected chi connectivity index (χ1v) is 12.1. The summed E-state index contributed by atoms with van der Waals surface area (Å²) in [4.78, 5) is 13.9. The molecule has 0 aliphatic heterocycles. The summed E-state index contributed by atoms with van der Waals surface area (Å²) < 4.78 is 0. The number of aliphatic hydroxyl groups is 1. The second-order valence-electron chi connectivity index (χ2n) is 8.91. The molecule has 0 heterocycles. The van der Waals surface area contributed by atoms with E-state index in [-0.39, 0.29) is 12.5 Å². The molecule has 0 aliphatic carbocycles. The summed E-state index contributed by atoms with van der Waals surface area (Å²) in [5.74, 6) is 1.06. The molecule has 0 saturated heterocycles. The maximum Gasteiger partial charge on any atom is 0.219 e. The van der Waals surface area contributed by atoms with Gasteiger partial charge in [-0.15, -0.1) is 0 Å². The van der Waals surface area contributed by atoms with Crippen molar-refractivity contribution in [2.75, 3.05) is 33.3 Å². The van der Waals surface area contributed by atoms with E-state index in [4.69, 9.17) is 5.11 Å². The molecule has 1 amide bonds. The third-order valence-electron chi connectivity index (χ3n) is 5.46. The van der Waals surface area contributed by atoms with Crippen LogP contribution in [0.5, 0.6) is 0 Å². The van der Waals surface area contributed by atoms with E-state index in [9.17, 15) is 4.79 Å². The molecule has 28 heavy (non-hydrogen) atoms. The van der Waals surface area contributed by atoms with Crippen molar-refractivity contribution >= 4 is 5.91 Å². The fourth-order valence-electron chi connectivity index (χ4n) is 3.55. The number of nitrogens with zero attached hydrogens (tertiary/aromatic N) is 1. The van der Waals surface area contributed by atoms with Crippen LogP contribution in [0.4, 0.5) is 0 Å². The Balaban J connectivity index is 3.19. The van der Waals surface area contributed by atoms with Gasteiger partial charge in [0.25, 0.3) is 0 Å². The van der Waals surface area contributed by atoms with Crippen molar-refractivity contribution < 1.29 is 9.90 Å². The number of hydrogen-bond acceptors (Lipinski definition) is 3. The van der Waals surface area contributed by atoms with Gasteiger partial charge in [0.2, 0.25) is 5.91 Å². The average Bonchev–Trinajstić information content (AvgIpc) is 2.65. The Morgan fingerprint density at radius 3 is 1.79 bits per heavy atom. The van der Waals surface area contributed by atoms with Gasteiger partial charge >= 0.3 is 0 Å². The van der Waals surface area contributed by atoms with E-state index in [1.807, 2.05) is 7.05 Å². The number of unbranched alkanes of at least 4 members (excludes halogenated alkanes) is 11. The predicted molar refractivity (Wildman–Crippen MR) is 122 cm³/mol. The van der Waals surface area contributed by atoms with E-state index in [1.165, 1.54) is 77.0 Å². The maximum atomic E-state index is 11.8. The Morgan fingerprint density at radius 1 is 0.786 bits per heavy atom. The average molecular weight is 399 g/mol. The van der Waals surface area contributed by atoms with Crippen LogP contribution >= 0.6 is 0 Å². The SMILES string of the molecule is CC(C)CCCCCCCCCCCCCCC(=O)NCCCN(C)CCO. The zero-order valence-corrected chi connectivity index (χ0v) is 19.3. The van der Waals surface area contributed by atoms with E-state index < -0.39 is 0 Å². The lowest BCUT2D eigenvalue weighted by Crippen LogP contribution is -2.29. The van der Waals surface area contributed by atoms with Crippen LogP contribution in [0, 0.1) is 5.92 Å². The van der Waals surface area contributed by atoms with Crippen molar-refractivity contribution in [1.82, 2.24) is 10.2 Å². The quantitative estimate of drug-likeness (QED) is 0.250. The molecule has 0 radical (unpaired) electrons. The summed E-state index contributed by atoms with van der Waals surface area (Å²) in [6, 6.07) is 0. The monoisotopic (exact) mass is 398 g/mol. The van der Waals surface area contributed by atoms with Gasteiger partial charge < -0.3 is 15.3 Å². The topological polar surface area (TPSA) is 52.6 Å². The molecule has 0 fully saturated rings. The maximum absolute atomic E-state index is 11.8. The van der Waals surface area contributed by atoms with E-state index >= 15 is 0 Å². The standard InChI is InChI=1S/C24H50N2O2/c1-23(2)17-14-12-10-8-6-4-5-7-9-11-13-15-18-24(28)25-19-16-20-26(3)21-22-27/h23,27H,4-22H2,1-3H3,(H,25,28). The van der Waals surface area contributed by atoms with E-state index in [1.54, 1.807) is 0 Å². The second-order valence-corrected chi connectivity index (χ2v) is 8.91. The first-order chi connectivity index (χ1) is 13.6. The van der Waals surface area contributed by atoms with Crippen LogP contribution in [0.3, 0.4) is 0 Å². The van der Waals surface area contributed by atoms with Gasteiger partial charge in [-0.2, -0.15) is 0 Å². The van der Waals surface area contributed by atoms with Gasteiger partial charge in [-0.05, 0) is 32.4 Å². The lowest BCUT2D eigenvalue weighted by atomic mass is 10.0. The van der Waals surface area contributed by atoms with Crippen molar-refractivity contribution in [2.45, 2.75) is 110 Å². The van der Waals surface area contributed by atoms with Crippen molar-refractivity contribution in [3.05, 3.63) is 0 Å². The molecular weight excluding hydrogens is 348 g/mol. The van der Waals surface area contributed by atoms with E-state index in [0.29, 0.717) is 13.0 Å². The van der Waals surface area contributed by atoms with Gasteiger partial charge in [0.15, 0.2) is 0 Å². The summed E-state index contributed by atoms with van der Waals surface area (Å²) in [5, 5.41) is 11.8. The Bertz CT molecular complexity index is 335. The largest absolute Gasteiger partial charge is 0.395 e. The highest BCUT2D eigenvalue weighted by Gasteiger charge is 2.02. The molecule has 0 aromatic rings. The molecule has 0 spiro atoms. The van der Waals surface area contributed by atoms with Crippen molar-refractivity contribution in [3.8, 4) is 0 Å². The van der Waals surface area contributed by atoms with Crippen molar-refractivity contribution in [3.63, 3.8) is 0 Å². The van der Waals surface area contributed by atoms with Gasteiger partial charge in [0.1, 0.15) is 0 Å². The van der Waals surface area contributed by atoms with Gasteiger partial charge in [-0.3, -0.25) is 4.79 Å². The van der Waals surface area contributed by atoms with Crippen LogP contribution in [-0.4, -0.2) is 49.2 Å². The second kappa shape index (κ2) is 21.1. The number of likely N-dealkylation sites (N-methyl/N-ethyl adjacent to an activating group) is 1. The molecule has 0 aromatic heterocycles. The molecule has 168 valence electrons. The number of aliphatic hydroxyl groups excluding tert-OH is 1. The van der Waals surface area contributed by atoms with Crippen molar-refractivity contribution in [2.24, 2.45) is 5.92 Å². The highest BCUT2D eigenvalue weighted by molar-refractivity contribution is 5.75. The molecule has 4 heteroatoms. The molecular formula is C24H50N2O2. The normalized spacial score (nSPS) is 11.5. The highest BCUT2D eigenvalue weighted by Crippen LogP contribution is 2.14. The van der Waals surface area contributed by atoms with E-state index in [2.05, 4.69) is 24.1 Å². The number of carbonyl (C=O) groups is 1. The van der Waals surface area contributed by atoms with Crippen LogP contribution in [0.2, 0.25) is 0 Å². The zero-order valence-electron chi connectivity index (χ0n) is 19.3. The Labute approximate surface area is 175 Å². The lowest BCUT2D eigenvalue weighted by Gasteiger charge is -2.14. The van der Waals surface area contributed by atoms with Crippen LogP contribution in [-0.2, 0) is 4.79 Å². The summed E-state index contributed by atoms with van der Waals surface area (Å²) in [6.07, 6.45) is 19.1. The molecule has 0 bridgehead atoms. The minimum Gasteiger partial charge on any atom is -0.395 e. The summed E-state index contributed by atoms with van der Waals surface area (Å²) >= 11 is 0. The Morgan fingerprint density at radius 2 is 1.29 bits per heavy atom. The number of carbonyl (C=O) groups excluding carboxylic acids is 1. The van der Waals surface area contributed by atoms with Crippen LogP contribution in [0.1, 0.15) is 110 Å². The fraction of sp³-hybridized carbons (Fsp3) is 0.958. The predicted octanol–water partition coefficient (Wildman–Crippen LogP) is 5.53. The van der Waals surface area contributed by atoms with Crippen molar-refractivity contribution in [1.29, 1.82) is 0 Å². The highest BCUT2D eigenvalue weighted by atomic mass is 16.3. The molecule has 0 atom stereocenters. The summed E-state index contributed by atoms with van der Waals surface area (Å²) in [6.45, 7) is 7.19. The van der Waals surface area contributed by atoms with Gasteiger partial charge in [0.05, 0.1) is 6.61 Å². The Hall–Kier alpha value is -0.610. The summed E-state index contributed by atoms with van der Waals surface area (Å²) in [5.41, 5.74) is 0. The van der Waals surface area contributed by atoms with Crippen LogP contribution < -0.4 is 5.32 Å². The fourth-order valence-corrected chi connectivity index (χ4v) is 3.55. The van der Waals surface area contributed by atoms with Crippen LogP contribution in [0.15, 0.2) is 0 Å². The third-order valence-corrected chi connectivity index (χ3v) is 5.46. The molecule has 0 unspecified atom stereocenters. The minimum absolute atomic E-state index is 0.193. The smallest absolute Gasteiger partial charge is 0.219 e. The van der Waals surface area contributed by atoms with Gasteiger partial charge in [-0.1, -0.05) is 90.9 Å². The number of nitrogens with one attached hydrogen (secondary N) is 1. The molecule has 0 aromatic carbocycles. The molecule has 0 saturated carbocycles. The Kier molecular flexibility index (Phi) is 20.6. The molecule has 4 nitrogen and oxygen atoms in total. The van der Waals surface area contributed by atoms with Gasteiger partial charge in [0, 0.05) is 19.5 Å². The third kappa shape index (κ3) is 21.7. The number of amides is 1. The molecule has 0 aliphatic rings. The van der Waals surface area contributed by atoms with Gasteiger partial charge in [-0.25, -0.2) is 0 Å². The first-order valence-electron chi connectivity index (χ1n) is 12.1. The zero-order chi connectivity index (χ0) is 20.9. The number of hydrogen-bond donors (Lipinski definition) is 2.